The standard InChI is InChI=1S/C25H27N5O4.Hf/c1-15-5-6-19(16(2)11-15)28-23-14-20-18-13-22(34-4)21(33-3)12-17(18)7-9-29(20)25(32)30(23)10-8-27-24(26)31;/h5,11-13H,7-10H2,1-4H3,(H3,26,27,31);/q-2;. The van der Waals surface area contributed by atoms with Crippen LogP contribution in [-0.4, -0.2) is 35.9 Å². The van der Waals surface area contributed by atoms with Crippen LogP contribution in [0.5, 0.6) is 11.5 Å². The van der Waals surface area contributed by atoms with Gasteiger partial charge in [-0.1, -0.05) is 19.9 Å². The number of primary amides is 1. The van der Waals surface area contributed by atoms with Crippen molar-refractivity contribution >= 4 is 11.7 Å². The fraction of sp³-hybridized carbons (Fsp3) is 0.320. The number of fused-ring (bicyclic) bond motifs is 3. The topological polar surface area (TPSA) is 113 Å². The number of amides is 2. The number of hydrogen-bond acceptors (Lipinski definition) is 5. The Morgan fingerprint density at radius 2 is 1.91 bits per heavy atom. The maximum Gasteiger partial charge on any atom is 0.326 e. The van der Waals surface area contributed by atoms with E-state index in [0.29, 0.717) is 41.3 Å². The van der Waals surface area contributed by atoms with Gasteiger partial charge in [-0.05, 0) is 18.2 Å². The molecule has 3 aromatic rings. The molecule has 0 atom stereocenters. The van der Waals surface area contributed by atoms with Gasteiger partial charge in [0.15, 0.2) is 5.75 Å². The molecule has 1 aliphatic heterocycles. The van der Waals surface area contributed by atoms with E-state index in [1.807, 2.05) is 38.1 Å². The molecule has 2 amide bonds. The summed E-state index contributed by atoms with van der Waals surface area (Å²) < 4.78 is 14.1. The van der Waals surface area contributed by atoms with Crippen LogP contribution in [-0.2, 0) is 45.4 Å². The minimum Gasteiger partial charge on any atom is -0.494 e. The van der Waals surface area contributed by atoms with Crippen LogP contribution in [0.2, 0.25) is 0 Å². The van der Waals surface area contributed by atoms with Gasteiger partial charge in [-0.2, -0.15) is 29.8 Å². The Labute approximate surface area is 222 Å². The molecule has 35 heavy (non-hydrogen) atoms. The van der Waals surface area contributed by atoms with Crippen molar-refractivity contribution in [2.75, 3.05) is 20.8 Å². The van der Waals surface area contributed by atoms with Crippen LogP contribution in [0.4, 0.5) is 10.5 Å². The fourth-order valence-corrected chi connectivity index (χ4v) is 4.13. The van der Waals surface area contributed by atoms with Crippen molar-refractivity contribution in [2.24, 2.45) is 10.7 Å². The Kier molecular flexibility index (Phi) is 8.37. The molecule has 3 N–H and O–H groups in total. The number of nitrogens with two attached hydrogens (primary N) is 1. The molecular weight excluding hydrogens is 613 g/mol. The molecule has 1 aromatic heterocycles. The minimum absolute atomic E-state index is 0. The molecular formula is C25H27HfN5O4-2. The average Bonchev–Trinajstić information content (AvgIpc) is 2.81. The zero-order chi connectivity index (χ0) is 24.4. The Bertz CT molecular complexity index is 1390. The van der Waals surface area contributed by atoms with Crippen LogP contribution in [0, 0.1) is 26.0 Å². The number of methoxy groups -OCH3 is 2. The molecule has 4 rings (SSSR count). The molecule has 1 aliphatic rings. The van der Waals surface area contributed by atoms with E-state index < -0.39 is 6.03 Å². The second-order valence-electron chi connectivity index (χ2n) is 8.11. The molecule has 0 saturated heterocycles. The van der Waals surface area contributed by atoms with Crippen LogP contribution in [0.3, 0.4) is 0 Å². The minimum atomic E-state index is -0.654. The number of nitrogens with one attached hydrogen (secondary N) is 1. The van der Waals surface area contributed by atoms with Gasteiger partial charge in [-0.25, -0.2) is 9.59 Å². The van der Waals surface area contributed by atoms with Crippen molar-refractivity contribution in [2.45, 2.75) is 33.4 Å². The summed E-state index contributed by atoms with van der Waals surface area (Å²) in [5.74, 6) is 1.20. The number of hydrogen-bond donors (Lipinski definition) is 2. The smallest absolute Gasteiger partial charge is 0.326 e. The summed E-state index contributed by atoms with van der Waals surface area (Å²) >= 11 is 0. The van der Waals surface area contributed by atoms with E-state index in [4.69, 9.17) is 20.2 Å². The zero-order valence-electron chi connectivity index (χ0n) is 20.2. The molecule has 9 nitrogen and oxygen atoms in total. The summed E-state index contributed by atoms with van der Waals surface area (Å²) in [6.07, 6.45) is 0.650. The summed E-state index contributed by atoms with van der Waals surface area (Å²) in [6.45, 7) is 4.79. The molecule has 0 radical (unpaired) electrons. The monoisotopic (exact) mass is 641 g/mol. The third-order valence-electron chi connectivity index (χ3n) is 5.79. The Balaban J connectivity index is 0.00000342. The van der Waals surface area contributed by atoms with Crippen LogP contribution < -0.4 is 31.7 Å². The summed E-state index contributed by atoms with van der Waals surface area (Å²) in [7, 11) is 3.17. The van der Waals surface area contributed by atoms with Crippen molar-refractivity contribution in [3.05, 3.63) is 69.1 Å². The first kappa shape index (κ1) is 26.5. The van der Waals surface area contributed by atoms with E-state index in [2.05, 4.69) is 17.4 Å². The summed E-state index contributed by atoms with van der Waals surface area (Å²) in [5, 5.41) is 2.53. The van der Waals surface area contributed by atoms with Crippen molar-refractivity contribution in [1.29, 1.82) is 0 Å². The van der Waals surface area contributed by atoms with Crippen molar-refractivity contribution in [1.82, 2.24) is 14.5 Å². The van der Waals surface area contributed by atoms with E-state index in [9.17, 15) is 9.59 Å². The summed E-state index contributed by atoms with van der Waals surface area (Å²) in [6, 6.07) is 13.5. The average molecular weight is 640 g/mol. The van der Waals surface area contributed by atoms with E-state index in [1.54, 1.807) is 18.8 Å². The van der Waals surface area contributed by atoms with Crippen LogP contribution in [0.25, 0.3) is 11.3 Å². The first-order chi connectivity index (χ1) is 16.3. The maximum atomic E-state index is 13.6. The van der Waals surface area contributed by atoms with Gasteiger partial charge in [0, 0.05) is 51.0 Å². The molecule has 0 bridgehead atoms. The van der Waals surface area contributed by atoms with Gasteiger partial charge in [-0.15, -0.1) is 22.4 Å². The van der Waals surface area contributed by atoms with Crippen molar-refractivity contribution in [3.8, 4) is 22.8 Å². The fourth-order valence-electron chi connectivity index (χ4n) is 4.13. The zero-order valence-corrected chi connectivity index (χ0v) is 23.8. The number of nitrogens with zero attached hydrogens (tertiary/aromatic N) is 3. The molecule has 182 valence electrons. The molecule has 0 aliphatic carbocycles. The second kappa shape index (κ2) is 11.1. The predicted octanol–water partition coefficient (Wildman–Crippen LogP) is 2.01. The van der Waals surface area contributed by atoms with Crippen molar-refractivity contribution < 1.29 is 40.1 Å². The summed E-state index contributed by atoms with van der Waals surface area (Å²) in [5.41, 5.74) is 10.4. The summed E-state index contributed by atoms with van der Waals surface area (Å²) in [4.78, 5) is 29.5. The van der Waals surface area contributed by atoms with Gasteiger partial charge in [0.1, 0.15) is 5.75 Å². The molecule has 2 aromatic carbocycles. The number of carbonyl (C=O) groups excluding carboxylic acids is 1. The van der Waals surface area contributed by atoms with Gasteiger partial charge < -0.3 is 25.1 Å². The number of carbonyl (C=O) groups is 1. The predicted molar refractivity (Wildman–Crippen MR) is 127 cm³/mol. The molecule has 0 fully saturated rings. The molecule has 10 heteroatoms. The third-order valence-corrected chi connectivity index (χ3v) is 5.79. The SMILES string of the molecule is COc1cc2c(cc1OC)-c1[c-]c(=Nc3[c-]cc(C)cc3C)n(CCNC(N)=O)c(=O)n1CC2.[Hf]. The second-order valence-corrected chi connectivity index (χ2v) is 8.11. The number of ether oxygens (including phenoxy) is 2. The molecule has 0 unspecified atom stereocenters. The molecule has 2 heterocycles. The van der Waals surface area contributed by atoms with Crippen LogP contribution in [0.1, 0.15) is 16.7 Å². The Hall–Kier alpha value is -3.14. The molecule has 0 saturated carbocycles. The van der Waals surface area contributed by atoms with Crippen LogP contribution in [0.15, 0.2) is 34.1 Å². The maximum absolute atomic E-state index is 13.6. The normalized spacial score (nSPS) is 12.3. The number of aromatic nitrogens is 2. The van der Waals surface area contributed by atoms with E-state index >= 15 is 0 Å². The Morgan fingerprint density at radius 3 is 2.57 bits per heavy atom. The van der Waals surface area contributed by atoms with Gasteiger partial charge >= 0.3 is 11.7 Å². The third kappa shape index (κ3) is 5.42. The van der Waals surface area contributed by atoms with Crippen molar-refractivity contribution in [3.63, 3.8) is 0 Å². The number of aryl methyl sites for hydroxylation is 3. The van der Waals surface area contributed by atoms with Crippen LogP contribution >= 0.6 is 0 Å². The largest absolute Gasteiger partial charge is 0.494 e. The van der Waals surface area contributed by atoms with Gasteiger partial charge in [0.2, 0.25) is 0 Å². The molecule has 0 spiro atoms. The van der Waals surface area contributed by atoms with E-state index in [-0.39, 0.29) is 44.6 Å². The van der Waals surface area contributed by atoms with Gasteiger partial charge in [0.05, 0.1) is 14.2 Å². The van der Waals surface area contributed by atoms with Gasteiger partial charge in [-0.3, -0.25) is 9.56 Å². The number of rotatable bonds is 6. The first-order valence-corrected chi connectivity index (χ1v) is 10.9. The van der Waals surface area contributed by atoms with Gasteiger partial charge in [0.25, 0.3) is 0 Å². The number of urea groups is 1. The quantitative estimate of drug-likeness (QED) is 0.318. The Morgan fingerprint density at radius 1 is 1.20 bits per heavy atom. The first-order valence-electron chi connectivity index (χ1n) is 10.9. The van der Waals surface area contributed by atoms with E-state index in [0.717, 1.165) is 22.3 Å². The van der Waals surface area contributed by atoms with E-state index in [1.165, 1.54) is 4.57 Å². The number of benzene rings is 2.